The summed E-state index contributed by atoms with van der Waals surface area (Å²) < 4.78 is 9.63. The molecule has 1 aromatic rings. The van der Waals surface area contributed by atoms with Gasteiger partial charge in [-0.15, -0.1) is 0 Å². The quantitative estimate of drug-likeness (QED) is 0.685. The highest BCUT2D eigenvalue weighted by Gasteiger charge is 2.01. The summed E-state index contributed by atoms with van der Waals surface area (Å²) in [5.41, 5.74) is 1.08. The van der Waals surface area contributed by atoms with Crippen LogP contribution < -0.4 is 4.74 Å². The monoisotopic (exact) mass is 194 g/mol. The van der Waals surface area contributed by atoms with Gasteiger partial charge in [0.05, 0.1) is 14.2 Å². The summed E-state index contributed by atoms with van der Waals surface area (Å²) in [7, 11) is 3.02. The van der Waals surface area contributed by atoms with Gasteiger partial charge in [0.1, 0.15) is 5.75 Å². The Morgan fingerprint density at radius 2 is 2.14 bits per heavy atom. The Bertz CT molecular complexity index is 307. The molecule has 0 radical (unpaired) electrons. The van der Waals surface area contributed by atoms with Gasteiger partial charge in [0.15, 0.2) is 0 Å². The minimum absolute atomic E-state index is 0.187. The van der Waals surface area contributed by atoms with Crippen LogP contribution in [0.4, 0.5) is 0 Å². The van der Waals surface area contributed by atoms with E-state index in [9.17, 15) is 4.79 Å². The summed E-state index contributed by atoms with van der Waals surface area (Å²) >= 11 is 0. The second-order valence-electron chi connectivity index (χ2n) is 2.93. The van der Waals surface area contributed by atoms with Gasteiger partial charge in [0.2, 0.25) is 0 Å². The Labute approximate surface area is 83.6 Å². The molecule has 0 unspecified atom stereocenters. The average Bonchev–Trinajstić information content (AvgIpc) is 2.26. The number of hydrogen-bond acceptors (Lipinski definition) is 3. The van der Waals surface area contributed by atoms with Crippen LogP contribution in [0.1, 0.15) is 12.0 Å². The van der Waals surface area contributed by atoms with E-state index >= 15 is 0 Å². The molecule has 76 valence electrons. The zero-order chi connectivity index (χ0) is 10.4. The number of carbonyl (C=O) groups excluding carboxylic acids is 1. The first kappa shape index (κ1) is 10.6. The van der Waals surface area contributed by atoms with Crippen LogP contribution >= 0.6 is 0 Å². The van der Waals surface area contributed by atoms with Crippen molar-refractivity contribution in [2.75, 3.05) is 14.2 Å². The topological polar surface area (TPSA) is 35.5 Å². The standard InChI is InChI=1S/C11H14O3/c1-13-10-5-3-4-9(8-10)6-7-11(12)14-2/h3-5,8H,6-7H2,1-2H3. The average molecular weight is 194 g/mol. The molecule has 0 aliphatic heterocycles. The van der Waals surface area contributed by atoms with E-state index in [4.69, 9.17) is 4.74 Å². The lowest BCUT2D eigenvalue weighted by Crippen LogP contribution is -2.01. The summed E-state index contributed by atoms with van der Waals surface area (Å²) in [6.45, 7) is 0. The molecule has 0 fully saturated rings. The van der Waals surface area contributed by atoms with Crippen molar-refractivity contribution < 1.29 is 14.3 Å². The van der Waals surface area contributed by atoms with Crippen molar-refractivity contribution >= 4 is 5.97 Å². The second kappa shape index (κ2) is 5.27. The Morgan fingerprint density at radius 3 is 2.79 bits per heavy atom. The molecular weight excluding hydrogens is 180 g/mol. The van der Waals surface area contributed by atoms with Crippen molar-refractivity contribution in [3.05, 3.63) is 29.8 Å². The van der Waals surface area contributed by atoms with Gasteiger partial charge < -0.3 is 9.47 Å². The predicted molar refractivity (Wildman–Crippen MR) is 53.3 cm³/mol. The lowest BCUT2D eigenvalue weighted by Gasteiger charge is -2.03. The number of ether oxygens (including phenoxy) is 2. The second-order valence-corrected chi connectivity index (χ2v) is 2.93. The lowest BCUT2D eigenvalue weighted by molar-refractivity contribution is -0.140. The fourth-order valence-electron chi connectivity index (χ4n) is 1.18. The van der Waals surface area contributed by atoms with Crippen LogP contribution in [0.5, 0.6) is 5.75 Å². The number of methoxy groups -OCH3 is 2. The fraction of sp³-hybridized carbons (Fsp3) is 0.364. The predicted octanol–water partition coefficient (Wildman–Crippen LogP) is 1.80. The highest BCUT2D eigenvalue weighted by molar-refractivity contribution is 5.69. The molecule has 3 nitrogen and oxygen atoms in total. The third-order valence-corrected chi connectivity index (χ3v) is 1.98. The largest absolute Gasteiger partial charge is 0.497 e. The van der Waals surface area contributed by atoms with Gasteiger partial charge in [-0.25, -0.2) is 0 Å². The Hall–Kier alpha value is -1.51. The summed E-state index contributed by atoms with van der Waals surface area (Å²) in [5.74, 6) is 0.625. The van der Waals surface area contributed by atoms with Gasteiger partial charge in [-0.3, -0.25) is 4.79 Å². The first-order valence-corrected chi connectivity index (χ1v) is 4.46. The molecule has 0 amide bonds. The summed E-state index contributed by atoms with van der Waals surface area (Å²) in [6.07, 6.45) is 1.09. The van der Waals surface area contributed by atoms with Crippen LogP contribution in [-0.4, -0.2) is 20.2 Å². The highest BCUT2D eigenvalue weighted by atomic mass is 16.5. The maximum Gasteiger partial charge on any atom is 0.305 e. The minimum atomic E-state index is -0.187. The normalized spacial score (nSPS) is 9.57. The molecule has 0 saturated carbocycles. The Morgan fingerprint density at radius 1 is 1.36 bits per heavy atom. The third kappa shape index (κ3) is 3.09. The van der Waals surface area contributed by atoms with Crippen molar-refractivity contribution in [1.29, 1.82) is 0 Å². The van der Waals surface area contributed by atoms with Gasteiger partial charge in [-0.2, -0.15) is 0 Å². The van der Waals surface area contributed by atoms with E-state index in [1.807, 2.05) is 24.3 Å². The van der Waals surface area contributed by atoms with E-state index in [1.54, 1.807) is 7.11 Å². The summed E-state index contributed by atoms with van der Waals surface area (Å²) in [5, 5.41) is 0. The van der Waals surface area contributed by atoms with Crippen LogP contribution in [0.15, 0.2) is 24.3 Å². The molecule has 0 saturated heterocycles. The van der Waals surface area contributed by atoms with E-state index in [0.717, 1.165) is 11.3 Å². The molecule has 1 aromatic carbocycles. The molecule has 0 aromatic heterocycles. The fourth-order valence-corrected chi connectivity index (χ4v) is 1.18. The number of rotatable bonds is 4. The molecule has 0 aliphatic carbocycles. The number of carbonyl (C=O) groups is 1. The minimum Gasteiger partial charge on any atom is -0.497 e. The number of aryl methyl sites for hydroxylation is 1. The molecule has 0 N–H and O–H groups in total. The molecule has 3 heteroatoms. The van der Waals surface area contributed by atoms with Crippen molar-refractivity contribution in [3.8, 4) is 5.75 Å². The number of esters is 1. The van der Waals surface area contributed by atoms with Crippen LogP contribution in [0.3, 0.4) is 0 Å². The summed E-state index contributed by atoms with van der Waals surface area (Å²) in [6, 6.07) is 7.67. The SMILES string of the molecule is COC(=O)CCc1cccc(OC)c1. The van der Waals surface area contributed by atoms with Crippen LogP contribution in [0.2, 0.25) is 0 Å². The van der Waals surface area contributed by atoms with Crippen molar-refractivity contribution in [2.24, 2.45) is 0 Å². The van der Waals surface area contributed by atoms with E-state index < -0.39 is 0 Å². The van der Waals surface area contributed by atoms with E-state index in [-0.39, 0.29) is 5.97 Å². The Balaban J connectivity index is 2.54. The molecular formula is C11H14O3. The van der Waals surface area contributed by atoms with E-state index in [2.05, 4.69) is 4.74 Å². The molecule has 14 heavy (non-hydrogen) atoms. The van der Waals surface area contributed by atoms with Gasteiger partial charge in [-0.1, -0.05) is 12.1 Å². The van der Waals surface area contributed by atoms with Gasteiger partial charge in [0.25, 0.3) is 0 Å². The Kier molecular flexibility index (Phi) is 3.98. The zero-order valence-corrected chi connectivity index (χ0v) is 8.45. The van der Waals surface area contributed by atoms with E-state index in [0.29, 0.717) is 12.8 Å². The molecule has 0 heterocycles. The highest BCUT2D eigenvalue weighted by Crippen LogP contribution is 2.13. The number of hydrogen-bond donors (Lipinski definition) is 0. The first-order chi connectivity index (χ1) is 6.76. The zero-order valence-electron chi connectivity index (χ0n) is 8.45. The maximum atomic E-state index is 10.9. The molecule has 1 rings (SSSR count). The molecule has 0 spiro atoms. The third-order valence-electron chi connectivity index (χ3n) is 1.98. The van der Waals surface area contributed by atoms with Crippen LogP contribution in [0, 0.1) is 0 Å². The molecule has 0 aliphatic rings. The van der Waals surface area contributed by atoms with Crippen molar-refractivity contribution in [2.45, 2.75) is 12.8 Å². The van der Waals surface area contributed by atoms with Crippen LogP contribution in [-0.2, 0) is 16.0 Å². The first-order valence-electron chi connectivity index (χ1n) is 4.46. The smallest absolute Gasteiger partial charge is 0.305 e. The lowest BCUT2D eigenvalue weighted by atomic mass is 10.1. The van der Waals surface area contributed by atoms with Gasteiger partial charge >= 0.3 is 5.97 Å². The van der Waals surface area contributed by atoms with Crippen molar-refractivity contribution in [3.63, 3.8) is 0 Å². The van der Waals surface area contributed by atoms with Gasteiger partial charge in [-0.05, 0) is 24.1 Å². The maximum absolute atomic E-state index is 10.9. The summed E-state index contributed by atoms with van der Waals surface area (Å²) in [4.78, 5) is 10.9. The van der Waals surface area contributed by atoms with Crippen molar-refractivity contribution in [1.82, 2.24) is 0 Å². The van der Waals surface area contributed by atoms with E-state index in [1.165, 1.54) is 7.11 Å². The number of benzene rings is 1. The van der Waals surface area contributed by atoms with Crippen LogP contribution in [0.25, 0.3) is 0 Å². The molecule has 0 atom stereocenters. The molecule has 0 bridgehead atoms. The van der Waals surface area contributed by atoms with Gasteiger partial charge in [0, 0.05) is 6.42 Å².